The van der Waals surface area contributed by atoms with E-state index >= 15 is 0 Å². The molecule has 3 atom stereocenters. The molecule has 1 aliphatic carbocycles. The fourth-order valence-electron chi connectivity index (χ4n) is 3.55. The smallest absolute Gasteiger partial charge is 0.308 e. The van der Waals surface area contributed by atoms with Crippen LogP contribution in [0.25, 0.3) is 11.0 Å². The Morgan fingerprint density at radius 3 is 2.79 bits per heavy atom. The van der Waals surface area contributed by atoms with Gasteiger partial charge in [-0.1, -0.05) is 26.2 Å². The van der Waals surface area contributed by atoms with Crippen LogP contribution in [0, 0.1) is 5.92 Å². The molecule has 0 radical (unpaired) electrons. The summed E-state index contributed by atoms with van der Waals surface area (Å²) in [5.74, 6) is -2.22. The number of aromatic nitrogens is 2. The zero-order chi connectivity index (χ0) is 20.1. The van der Waals surface area contributed by atoms with Gasteiger partial charge in [-0.15, -0.1) is 0 Å². The highest BCUT2D eigenvalue weighted by Gasteiger charge is 2.35. The maximum atomic E-state index is 12.8. The van der Waals surface area contributed by atoms with Crippen molar-refractivity contribution in [1.82, 2.24) is 20.9 Å². The number of carbonyl (C=O) groups excluding carboxylic acids is 2. The van der Waals surface area contributed by atoms with Gasteiger partial charge in [0.25, 0.3) is 5.91 Å². The number of carboxylic acid groups (broad SMARTS) is 1. The van der Waals surface area contributed by atoms with E-state index in [2.05, 4.69) is 25.6 Å². The lowest BCUT2D eigenvalue weighted by atomic mass is 10.0. The van der Waals surface area contributed by atoms with E-state index in [1.807, 2.05) is 6.92 Å². The van der Waals surface area contributed by atoms with Crippen LogP contribution < -0.4 is 10.6 Å². The predicted octanol–water partition coefficient (Wildman–Crippen LogP) is 1.88. The van der Waals surface area contributed by atoms with E-state index in [4.69, 9.17) is 0 Å². The lowest BCUT2D eigenvalue weighted by molar-refractivity contribution is -0.142. The molecule has 150 valence electrons. The summed E-state index contributed by atoms with van der Waals surface area (Å²) in [7, 11) is 0. The molecule has 1 aromatic heterocycles. The van der Waals surface area contributed by atoms with Crippen LogP contribution in [0.4, 0.5) is 0 Å². The number of aliphatic carboxylic acids is 1. The van der Waals surface area contributed by atoms with Crippen LogP contribution in [-0.2, 0) is 9.59 Å². The number of carbonyl (C=O) groups is 3. The lowest BCUT2D eigenvalue weighted by Crippen LogP contribution is -2.51. The fourth-order valence-corrected chi connectivity index (χ4v) is 3.55. The van der Waals surface area contributed by atoms with Crippen LogP contribution in [0.1, 0.15) is 55.8 Å². The second-order valence-electron chi connectivity index (χ2n) is 7.13. The molecule has 1 aliphatic rings. The molecular weight excluding hydrogens is 364 g/mol. The highest BCUT2D eigenvalue weighted by molar-refractivity contribution is 5.99. The molecule has 0 aliphatic heterocycles. The van der Waals surface area contributed by atoms with Gasteiger partial charge in [-0.25, -0.2) is 4.63 Å². The van der Waals surface area contributed by atoms with Crippen LogP contribution in [-0.4, -0.2) is 45.3 Å². The summed E-state index contributed by atoms with van der Waals surface area (Å²) in [4.78, 5) is 36.7. The third-order valence-corrected chi connectivity index (χ3v) is 5.14. The van der Waals surface area contributed by atoms with Crippen LogP contribution in [0.3, 0.4) is 0 Å². The number of nitrogens with zero attached hydrogens (tertiary/aromatic N) is 2. The van der Waals surface area contributed by atoms with Gasteiger partial charge >= 0.3 is 5.97 Å². The molecule has 1 heterocycles. The van der Waals surface area contributed by atoms with Gasteiger partial charge in [0.2, 0.25) is 5.91 Å². The van der Waals surface area contributed by atoms with Crippen molar-refractivity contribution in [2.75, 3.05) is 0 Å². The number of amides is 2. The van der Waals surface area contributed by atoms with Crippen molar-refractivity contribution >= 4 is 28.8 Å². The van der Waals surface area contributed by atoms with Crippen LogP contribution in [0.15, 0.2) is 22.8 Å². The van der Waals surface area contributed by atoms with Gasteiger partial charge in [-0.05, 0) is 47.8 Å². The number of hydrogen-bond donors (Lipinski definition) is 3. The first-order valence-corrected chi connectivity index (χ1v) is 9.56. The van der Waals surface area contributed by atoms with Crippen molar-refractivity contribution in [1.29, 1.82) is 0 Å². The Bertz CT molecular complexity index is 865. The quantitative estimate of drug-likeness (QED) is 0.628. The van der Waals surface area contributed by atoms with Gasteiger partial charge in [0, 0.05) is 11.6 Å². The van der Waals surface area contributed by atoms with E-state index in [1.165, 1.54) is 0 Å². The van der Waals surface area contributed by atoms with E-state index in [-0.39, 0.29) is 5.91 Å². The summed E-state index contributed by atoms with van der Waals surface area (Å²) in [5, 5.41) is 22.3. The van der Waals surface area contributed by atoms with Crippen molar-refractivity contribution in [2.24, 2.45) is 5.92 Å². The monoisotopic (exact) mass is 388 g/mol. The predicted molar refractivity (Wildman–Crippen MR) is 99.5 cm³/mol. The van der Waals surface area contributed by atoms with E-state index in [0.29, 0.717) is 35.9 Å². The molecule has 1 fully saturated rings. The van der Waals surface area contributed by atoms with Crippen molar-refractivity contribution in [3.63, 3.8) is 0 Å². The Labute approximate surface area is 161 Å². The summed E-state index contributed by atoms with van der Waals surface area (Å²) in [5.41, 5.74) is 1.34. The number of hydrogen-bond acceptors (Lipinski definition) is 6. The first kappa shape index (κ1) is 19.8. The average molecular weight is 388 g/mol. The number of carboxylic acids is 1. The second kappa shape index (κ2) is 8.81. The maximum Gasteiger partial charge on any atom is 0.308 e. The molecule has 9 nitrogen and oxygen atoms in total. The minimum atomic E-state index is -0.897. The molecule has 0 unspecified atom stereocenters. The van der Waals surface area contributed by atoms with Crippen LogP contribution in [0.2, 0.25) is 0 Å². The third kappa shape index (κ3) is 4.47. The first-order valence-electron chi connectivity index (χ1n) is 9.56. The molecule has 0 spiro atoms. The molecule has 1 saturated carbocycles. The number of nitrogens with one attached hydrogen (secondary N) is 2. The maximum absolute atomic E-state index is 12.8. The Kier molecular flexibility index (Phi) is 6.23. The molecule has 28 heavy (non-hydrogen) atoms. The Balaban J connectivity index is 1.69. The average Bonchev–Trinajstić information content (AvgIpc) is 3.33. The lowest BCUT2D eigenvalue weighted by Gasteiger charge is -2.23. The Hall–Kier alpha value is -2.97. The highest BCUT2D eigenvalue weighted by Crippen LogP contribution is 2.26. The van der Waals surface area contributed by atoms with E-state index < -0.39 is 29.9 Å². The Morgan fingerprint density at radius 1 is 1.25 bits per heavy atom. The van der Waals surface area contributed by atoms with Crippen molar-refractivity contribution < 1.29 is 24.1 Å². The van der Waals surface area contributed by atoms with Crippen molar-refractivity contribution in [2.45, 2.75) is 57.5 Å². The van der Waals surface area contributed by atoms with E-state index in [9.17, 15) is 19.5 Å². The SMILES string of the molecule is CCCC[C@H](NC(=O)c1ccc2nonc2c1)C(=O)N[C@H]1CCC[C@H]1C(=O)O. The minimum absolute atomic E-state index is 0.343. The van der Waals surface area contributed by atoms with Gasteiger partial charge in [-0.2, -0.15) is 0 Å². The second-order valence-corrected chi connectivity index (χ2v) is 7.13. The summed E-state index contributed by atoms with van der Waals surface area (Å²) in [6, 6.07) is 3.64. The largest absolute Gasteiger partial charge is 0.481 e. The zero-order valence-corrected chi connectivity index (χ0v) is 15.7. The van der Waals surface area contributed by atoms with Gasteiger partial charge in [0.15, 0.2) is 0 Å². The van der Waals surface area contributed by atoms with E-state index in [1.54, 1.807) is 18.2 Å². The van der Waals surface area contributed by atoms with Crippen LogP contribution >= 0.6 is 0 Å². The Morgan fingerprint density at radius 2 is 2.04 bits per heavy atom. The van der Waals surface area contributed by atoms with Gasteiger partial charge in [0.1, 0.15) is 17.1 Å². The van der Waals surface area contributed by atoms with Crippen LogP contribution in [0.5, 0.6) is 0 Å². The molecule has 9 heteroatoms. The standard InChI is InChI=1S/C19H24N4O5/c1-2-3-6-15(18(25)20-13-7-4-5-12(13)19(26)27)21-17(24)11-8-9-14-16(10-11)23-28-22-14/h8-10,12-13,15H,2-7H2,1H3,(H,20,25)(H,21,24)(H,26,27)/t12-,13+,15+/m1/s1. The number of fused-ring (bicyclic) bond motifs is 1. The van der Waals surface area contributed by atoms with Gasteiger partial charge in [-0.3, -0.25) is 14.4 Å². The topological polar surface area (TPSA) is 134 Å². The van der Waals surface area contributed by atoms with Crippen molar-refractivity contribution in [3.05, 3.63) is 23.8 Å². The molecule has 2 amide bonds. The third-order valence-electron chi connectivity index (χ3n) is 5.14. The first-order chi connectivity index (χ1) is 13.5. The minimum Gasteiger partial charge on any atom is -0.481 e. The zero-order valence-electron chi connectivity index (χ0n) is 15.7. The molecule has 1 aromatic carbocycles. The molecule has 0 saturated heterocycles. The fraction of sp³-hybridized carbons (Fsp3) is 0.526. The van der Waals surface area contributed by atoms with Gasteiger partial charge < -0.3 is 15.7 Å². The number of rotatable bonds is 8. The normalized spacial score (nSPS) is 20.0. The van der Waals surface area contributed by atoms with Crippen molar-refractivity contribution in [3.8, 4) is 0 Å². The number of benzene rings is 1. The molecule has 0 bridgehead atoms. The summed E-state index contributed by atoms with van der Waals surface area (Å²) in [6.45, 7) is 2.00. The summed E-state index contributed by atoms with van der Waals surface area (Å²) < 4.78 is 4.63. The summed E-state index contributed by atoms with van der Waals surface area (Å²) >= 11 is 0. The van der Waals surface area contributed by atoms with Gasteiger partial charge in [0.05, 0.1) is 5.92 Å². The molecule has 3 N–H and O–H groups in total. The summed E-state index contributed by atoms with van der Waals surface area (Å²) in [6.07, 6.45) is 4.06. The highest BCUT2D eigenvalue weighted by atomic mass is 16.6. The van der Waals surface area contributed by atoms with E-state index in [0.717, 1.165) is 19.3 Å². The molecule has 3 rings (SSSR count). The molecular formula is C19H24N4O5. The number of unbranched alkanes of at least 4 members (excludes halogenated alkanes) is 1. The molecule has 2 aromatic rings.